The second-order valence-corrected chi connectivity index (χ2v) is 6.15. The zero-order chi connectivity index (χ0) is 15.2. The number of hydrogen-bond acceptors (Lipinski definition) is 1. The van der Waals surface area contributed by atoms with E-state index in [0.717, 1.165) is 31.5 Å². The third kappa shape index (κ3) is 4.10. The van der Waals surface area contributed by atoms with Gasteiger partial charge in [-0.25, -0.2) is 0 Å². The average molecular weight is 305 g/mol. The molecule has 0 spiro atoms. The Morgan fingerprint density at radius 2 is 1.86 bits per heavy atom. The molecule has 3 heteroatoms. The number of hydrogen-bond donors (Lipinski definition) is 0. The van der Waals surface area contributed by atoms with Gasteiger partial charge >= 0.3 is 0 Å². The van der Waals surface area contributed by atoms with Crippen LogP contribution in [0, 0.1) is 13.8 Å². The molecule has 0 fully saturated rings. The third-order valence-electron chi connectivity index (χ3n) is 4.04. The van der Waals surface area contributed by atoms with Crippen molar-refractivity contribution in [3.8, 4) is 0 Å². The first-order valence-electron chi connectivity index (χ1n) is 7.85. The normalized spacial score (nSPS) is 12.6. The number of aromatic nitrogens is 2. The lowest BCUT2D eigenvalue weighted by atomic mass is 10.1. The molecule has 1 aromatic heterocycles. The van der Waals surface area contributed by atoms with Crippen molar-refractivity contribution in [2.75, 3.05) is 0 Å². The molecular weight excluding hydrogens is 280 g/mol. The van der Waals surface area contributed by atoms with Crippen LogP contribution < -0.4 is 0 Å². The highest BCUT2D eigenvalue weighted by Crippen LogP contribution is 2.29. The maximum absolute atomic E-state index is 6.40. The van der Waals surface area contributed by atoms with E-state index >= 15 is 0 Å². The maximum Gasteiger partial charge on any atom is 0.0643 e. The van der Waals surface area contributed by atoms with Gasteiger partial charge in [-0.2, -0.15) is 5.10 Å². The van der Waals surface area contributed by atoms with Crippen molar-refractivity contribution in [3.05, 3.63) is 52.8 Å². The highest BCUT2D eigenvalue weighted by Gasteiger charge is 2.17. The summed E-state index contributed by atoms with van der Waals surface area (Å²) in [6.45, 7) is 7.30. The van der Waals surface area contributed by atoms with Crippen molar-refractivity contribution in [2.24, 2.45) is 0 Å². The fourth-order valence-corrected chi connectivity index (χ4v) is 3.14. The van der Waals surface area contributed by atoms with Gasteiger partial charge in [-0.1, -0.05) is 37.3 Å². The molecule has 1 heterocycles. The molecule has 2 nitrogen and oxygen atoms in total. The fourth-order valence-electron chi connectivity index (χ4n) is 2.82. The van der Waals surface area contributed by atoms with Gasteiger partial charge < -0.3 is 0 Å². The van der Waals surface area contributed by atoms with Crippen LogP contribution in [-0.2, 0) is 13.0 Å². The summed E-state index contributed by atoms with van der Waals surface area (Å²) in [4.78, 5) is 0. The number of alkyl halides is 1. The summed E-state index contributed by atoms with van der Waals surface area (Å²) in [6.07, 6.45) is 4.42. The Labute approximate surface area is 133 Å². The van der Waals surface area contributed by atoms with Gasteiger partial charge in [0, 0.05) is 17.8 Å². The van der Waals surface area contributed by atoms with E-state index in [1.165, 1.54) is 23.2 Å². The predicted octanol–water partition coefficient (Wildman–Crippen LogP) is 5.21. The number of nitrogens with zero attached hydrogens (tertiary/aromatic N) is 2. The van der Waals surface area contributed by atoms with Crippen LogP contribution in [-0.4, -0.2) is 9.78 Å². The van der Waals surface area contributed by atoms with Crippen molar-refractivity contribution in [1.29, 1.82) is 0 Å². The molecule has 2 rings (SSSR count). The van der Waals surface area contributed by atoms with Crippen LogP contribution >= 0.6 is 11.6 Å². The van der Waals surface area contributed by atoms with Crippen LogP contribution in [0.15, 0.2) is 30.3 Å². The lowest BCUT2D eigenvalue weighted by molar-refractivity contribution is 0.543. The van der Waals surface area contributed by atoms with Crippen LogP contribution in [0.25, 0.3) is 0 Å². The lowest BCUT2D eigenvalue weighted by Gasteiger charge is -2.08. The highest BCUT2D eigenvalue weighted by atomic mass is 35.5. The van der Waals surface area contributed by atoms with Gasteiger partial charge in [0.25, 0.3) is 0 Å². The maximum atomic E-state index is 6.40. The number of aryl methyl sites for hydroxylation is 3. The monoisotopic (exact) mass is 304 g/mol. The van der Waals surface area contributed by atoms with Crippen LogP contribution in [0.1, 0.15) is 54.1 Å². The summed E-state index contributed by atoms with van der Waals surface area (Å²) in [6, 6.07) is 10.7. The minimum Gasteiger partial charge on any atom is -0.269 e. The quantitative estimate of drug-likeness (QED) is 0.507. The summed E-state index contributed by atoms with van der Waals surface area (Å²) >= 11 is 6.40. The van der Waals surface area contributed by atoms with E-state index in [1.807, 2.05) is 0 Å². The van der Waals surface area contributed by atoms with Crippen molar-refractivity contribution in [1.82, 2.24) is 9.78 Å². The highest BCUT2D eigenvalue weighted by molar-refractivity contribution is 6.20. The molecule has 1 aromatic carbocycles. The third-order valence-corrected chi connectivity index (χ3v) is 4.56. The minimum atomic E-state index is 0.0862. The zero-order valence-corrected chi connectivity index (χ0v) is 14.0. The van der Waals surface area contributed by atoms with Crippen molar-refractivity contribution in [2.45, 2.75) is 58.4 Å². The van der Waals surface area contributed by atoms with Crippen molar-refractivity contribution >= 4 is 11.6 Å². The minimum absolute atomic E-state index is 0.0862. The van der Waals surface area contributed by atoms with E-state index in [0.29, 0.717) is 0 Å². The molecule has 1 unspecified atom stereocenters. The Balaban J connectivity index is 1.89. The summed E-state index contributed by atoms with van der Waals surface area (Å²) in [5.41, 5.74) is 4.95. The fraction of sp³-hybridized carbons (Fsp3) is 0.500. The topological polar surface area (TPSA) is 17.8 Å². The first-order valence-corrected chi connectivity index (χ1v) is 8.29. The van der Waals surface area contributed by atoms with E-state index in [9.17, 15) is 0 Å². The van der Waals surface area contributed by atoms with Gasteiger partial charge in [-0.3, -0.25) is 4.68 Å². The van der Waals surface area contributed by atoms with E-state index in [-0.39, 0.29) is 5.38 Å². The van der Waals surface area contributed by atoms with E-state index < -0.39 is 0 Å². The predicted molar refractivity (Wildman–Crippen MR) is 90.0 cm³/mol. The molecule has 0 aliphatic heterocycles. The molecule has 0 saturated heterocycles. The van der Waals surface area contributed by atoms with Gasteiger partial charge in [-0.15, -0.1) is 11.6 Å². The molecule has 0 bridgehead atoms. The number of rotatable bonds is 7. The van der Waals surface area contributed by atoms with Gasteiger partial charge in [0.2, 0.25) is 0 Å². The first kappa shape index (κ1) is 16.1. The van der Waals surface area contributed by atoms with Gasteiger partial charge in [0.1, 0.15) is 0 Å². The number of benzene rings is 1. The first-order chi connectivity index (χ1) is 10.1. The van der Waals surface area contributed by atoms with Gasteiger partial charge in [-0.05, 0) is 45.1 Å². The molecule has 1 atom stereocenters. The van der Waals surface area contributed by atoms with Crippen LogP contribution in [0.4, 0.5) is 0 Å². The molecule has 21 heavy (non-hydrogen) atoms. The van der Waals surface area contributed by atoms with E-state index in [4.69, 9.17) is 11.6 Å². The smallest absolute Gasteiger partial charge is 0.0643 e. The van der Waals surface area contributed by atoms with Crippen molar-refractivity contribution in [3.63, 3.8) is 0 Å². The largest absolute Gasteiger partial charge is 0.269 e. The SMILES string of the molecule is CCC(Cl)c1c(C)nn(CCCCc2ccccc2)c1C. The zero-order valence-electron chi connectivity index (χ0n) is 13.3. The molecule has 0 saturated carbocycles. The Morgan fingerprint density at radius 1 is 1.14 bits per heavy atom. The molecule has 114 valence electrons. The summed E-state index contributed by atoms with van der Waals surface area (Å²) in [5, 5.41) is 4.74. The molecule has 0 N–H and O–H groups in total. The summed E-state index contributed by atoms with van der Waals surface area (Å²) < 4.78 is 2.13. The average Bonchev–Trinajstić information content (AvgIpc) is 2.78. The Hall–Kier alpha value is -1.28. The molecule has 0 radical (unpaired) electrons. The standard InChI is InChI=1S/C18H25ClN2/c1-4-17(19)18-14(2)20-21(15(18)3)13-9-8-12-16-10-6-5-7-11-16/h5-7,10-11,17H,4,8-9,12-13H2,1-3H3. The number of halogens is 1. The summed E-state index contributed by atoms with van der Waals surface area (Å²) in [5.74, 6) is 0. The second-order valence-electron chi connectivity index (χ2n) is 5.63. The summed E-state index contributed by atoms with van der Waals surface area (Å²) in [7, 11) is 0. The number of unbranched alkanes of at least 4 members (excludes halogenated alkanes) is 1. The second kappa shape index (κ2) is 7.65. The van der Waals surface area contributed by atoms with Crippen LogP contribution in [0.3, 0.4) is 0 Å². The molecule has 0 aliphatic carbocycles. The van der Waals surface area contributed by atoms with Gasteiger partial charge in [0.15, 0.2) is 0 Å². The molecule has 0 aliphatic rings. The Morgan fingerprint density at radius 3 is 2.52 bits per heavy atom. The van der Waals surface area contributed by atoms with Gasteiger partial charge in [0.05, 0.1) is 11.1 Å². The van der Waals surface area contributed by atoms with Crippen LogP contribution in [0.5, 0.6) is 0 Å². The van der Waals surface area contributed by atoms with Crippen molar-refractivity contribution < 1.29 is 0 Å². The van der Waals surface area contributed by atoms with Crippen LogP contribution in [0.2, 0.25) is 0 Å². The molecule has 0 amide bonds. The Bertz CT molecular complexity index is 560. The lowest BCUT2D eigenvalue weighted by Crippen LogP contribution is -2.04. The van der Waals surface area contributed by atoms with E-state index in [2.05, 4.69) is 60.9 Å². The van der Waals surface area contributed by atoms with E-state index in [1.54, 1.807) is 0 Å². The Kier molecular flexibility index (Phi) is 5.86. The molecule has 2 aromatic rings. The molecular formula is C18H25ClN2.